The summed E-state index contributed by atoms with van der Waals surface area (Å²) >= 11 is 0. The number of rotatable bonds is 19. The smallest absolute Gasteiger partial charge is 0.261 e. The molecule has 0 saturated heterocycles. The Kier molecular flexibility index (Phi) is 24.7. The maximum absolute atomic E-state index is 9.19. The summed E-state index contributed by atoms with van der Waals surface area (Å²) in [6.07, 6.45) is 19.4. The van der Waals surface area contributed by atoms with Crippen molar-refractivity contribution in [1.82, 2.24) is 0 Å². The standard InChI is InChI=1S/C20H42O3.CH4O3S/c1-3-4-5-6-7-8-9-10-11-12-13-14-15-16-17-22-18-19-23-20(2)21;1-5(2,3)4/h20-21H,3-19H2,1-2H3;1H3,(H,2,3,4). The minimum atomic E-state index is -3.67. The van der Waals surface area contributed by atoms with Gasteiger partial charge in [-0.05, 0) is 13.3 Å². The third kappa shape index (κ3) is 40.5. The van der Waals surface area contributed by atoms with Crippen molar-refractivity contribution in [2.45, 2.75) is 110 Å². The fourth-order valence-electron chi connectivity index (χ4n) is 2.78. The van der Waals surface area contributed by atoms with Crippen LogP contribution >= 0.6 is 0 Å². The predicted octanol–water partition coefficient (Wildman–Crippen LogP) is 5.34. The molecule has 172 valence electrons. The Bertz CT molecular complexity index is 376. The second-order valence-corrected chi connectivity index (χ2v) is 8.88. The van der Waals surface area contributed by atoms with E-state index in [0.29, 0.717) is 19.5 Å². The molecule has 0 rings (SSSR count). The van der Waals surface area contributed by atoms with Crippen LogP contribution in [0.3, 0.4) is 0 Å². The number of hydrogen-bond donors (Lipinski definition) is 2. The topological polar surface area (TPSA) is 93.1 Å². The Morgan fingerprint density at radius 3 is 1.43 bits per heavy atom. The van der Waals surface area contributed by atoms with E-state index >= 15 is 0 Å². The third-order valence-electron chi connectivity index (χ3n) is 4.23. The fourth-order valence-corrected chi connectivity index (χ4v) is 2.78. The highest BCUT2D eigenvalue weighted by atomic mass is 32.2. The average molecular weight is 427 g/mol. The Balaban J connectivity index is 0. The van der Waals surface area contributed by atoms with Crippen molar-refractivity contribution in [2.24, 2.45) is 0 Å². The highest BCUT2D eigenvalue weighted by molar-refractivity contribution is 7.85. The molecular weight excluding hydrogens is 380 g/mol. The van der Waals surface area contributed by atoms with E-state index in [-0.39, 0.29) is 0 Å². The summed E-state index contributed by atoms with van der Waals surface area (Å²) in [5.41, 5.74) is 0. The van der Waals surface area contributed by atoms with Gasteiger partial charge in [0.15, 0.2) is 6.29 Å². The molecule has 6 nitrogen and oxygen atoms in total. The van der Waals surface area contributed by atoms with Gasteiger partial charge in [-0.1, -0.05) is 90.4 Å². The minimum absolute atomic E-state index is 0.482. The van der Waals surface area contributed by atoms with E-state index in [2.05, 4.69) is 6.92 Å². The van der Waals surface area contributed by atoms with Gasteiger partial charge in [-0.15, -0.1) is 0 Å². The van der Waals surface area contributed by atoms with Crippen molar-refractivity contribution < 1.29 is 27.6 Å². The number of unbranched alkanes of at least 4 members (excludes halogenated alkanes) is 13. The molecule has 7 heteroatoms. The summed E-state index contributed by atoms with van der Waals surface area (Å²) in [6, 6.07) is 0. The van der Waals surface area contributed by atoms with Crippen LogP contribution in [-0.4, -0.2) is 50.4 Å². The van der Waals surface area contributed by atoms with Crippen LogP contribution in [0.25, 0.3) is 0 Å². The van der Waals surface area contributed by atoms with Crippen molar-refractivity contribution in [3.8, 4) is 0 Å². The van der Waals surface area contributed by atoms with Crippen molar-refractivity contribution in [2.75, 3.05) is 26.1 Å². The van der Waals surface area contributed by atoms with E-state index in [1.54, 1.807) is 6.92 Å². The molecule has 0 radical (unpaired) electrons. The number of aliphatic hydroxyl groups excluding tert-OH is 1. The van der Waals surface area contributed by atoms with Crippen LogP contribution in [0, 0.1) is 0 Å². The summed E-state index contributed by atoms with van der Waals surface area (Å²) < 4.78 is 36.3. The Morgan fingerprint density at radius 2 is 1.07 bits per heavy atom. The molecule has 1 unspecified atom stereocenters. The zero-order chi connectivity index (χ0) is 21.5. The SMILES string of the molecule is CCCCCCCCCCCCCCCCOCCOC(C)O.CS(=O)(=O)O. The Morgan fingerprint density at radius 1 is 0.714 bits per heavy atom. The summed E-state index contributed by atoms with van der Waals surface area (Å²) in [5.74, 6) is 0. The van der Waals surface area contributed by atoms with Gasteiger partial charge in [0.1, 0.15) is 0 Å². The van der Waals surface area contributed by atoms with Gasteiger partial charge in [0.2, 0.25) is 0 Å². The van der Waals surface area contributed by atoms with Gasteiger partial charge >= 0.3 is 0 Å². The van der Waals surface area contributed by atoms with E-state index in [4.69, 9.17) is 19.1 Å². The highest BCUT2D eigenvalue weighted by Crippen LogP contribution is 2.12. The van der Waals surface area contributed by atoms with Crippen LogP contribution in [0.2, 0.25) is 0 Å². The molecule has 0 amide bonds. The van der Waals surface area contributed by atoms with E-state index in [9.17, 15) is 8.42 Å². The molecule has 1 atom stereocenters. The summed E-state index contributed by atoms with van der Waals surface area (Å²) in [4.78, 5) is 0. The van der Waals surface area contributed by atoms with Gasteiger partial charge in [-0.2, -0.15) is 8.42 Å². The van der Waals surface area contributed by atoms with Gasteiger partial charge in [0.25, 0.3) is 10.1 Å². The van der Waals surface area contributed by atoms with Crippen molar-refractivity contribution in [3.63, 3.8) is 0 Å². The van der Waals surface area contributed by atoms with E-state index < -0.39 is 16.4 Å². The lowest BCUT2D eigenvalue weighted by Crippen LogP contribution is -2.12. The third-order valence-corrected chi connectivity index (χ3v) is 4.23. The number of ether oxygens (including phenoxy) is 2. The van der Waals surface area contributed by atoms with Gasteiger partial charge in [0.05, 0.1) is 19.5 Å². The molecule has 2 N–H and O–H groups in total. The highest BCUT2D eigenvalue weighted by Gasteiger charge is 1.96. The second kappa shape index (κ2) is 23.1. The first-order chi connectivity index (χ1) is 13.3. The second-order valence-electron chi connectivity index (χ2n) is 7.41. The molecule has 0 fully saturated rings. The lowest BCUT2D eigenvalue weighted by atomic mass is 10.0. The molecule has 28 heavy (non-hydrogen) atoms. The molecule has 0 aliphatic rings. The normalized spacial score (nSPS) is 12.5. The monoisotopic (exact) mass is 426 g/mol. The van der Waals surface area contributed by atoms with Crippen LogP contribution in [0.1, 0.15) is 104 Å². The lowest BCUT2D eigenvalue weighted by Gasteiger charge is -2.07. The predicted molar refractivity (Wildman–Crippen MR) is 116 cm³/mol. The first kappa shape index (κ1) is 30.0. The number of hydrogen-bond acceptors (Lipinski definition) is 5. The van der Waals surface area contributed by atoms with Crippen LogP contribution in [0.15, 0.2) is 0 Å². The zero-order valence-electron chi connectivity index (χ0n) is 18.5. The molecular formula is C21H46O6S. The van der Waals surface area contributed by atoms with Crippen molar-refractivity contribution in [3.05, 3.63) is 0 Å². The lowest BCUT2D eigenvalue weighted by molar-refractivity contribution is -0.0994. The Labute approximate surface area is 174 Å². The molecule has 0 aliphatic heterocycles. The van der Waals surface area contributed by atoms with Gasteiger partial charge < -0.3 is 14.6 Å². The molecule has 0 aromatic rings. The van der Waals surface area contributed by atoms with Gasteiger partial charge in [-0.3, -0.25) is 4.55 Å². The molecule has 0 bridgehead atoms. The van der Waals surface area contributed by atoms with Crippen LogP contribution < -0.4 is 0 Å². The largest absolute Gasteiger partial charge is 0.379 e. The first-order valence-corrected chi connectivity index (χ1v) is 12.9. The minimum Gasteiger partial charge on any atom is -0.379 e. The molecule has 0 aromatic heterocycles. The summed E-state index contributed by atoms with van der Waals surface area (Å²) in [6.45, 7) is 5.79. The zero-order valence-corrected chi connectivity index (χ0v) is 19.4. The van der Waals surface area contributed by atoms with Crippen LogP contribution in [0.5, 0.6) is 0 Å². The molecule has 0 aromatic carbocycles. The van der Waals surface area contributed by atoms with E-state index in [0.717, 1.165) is 13.0 Å². The van der Waals surface area contributed by atoms with Crippen molar-refractivity contribution in [1.29, 1.82) is 0 Å². The van der Waals surface area contributed by atoms with Gasteiger partial charge in [-0.25, -0.2) is 0 Å². The average Bonchev–Trinajstić information content (AvgIpc) is 2.59. The maximum atomic E-state index is 9.19. The molecule has 0 spiro atoms. The summed E-state index contributed by atoms with van der Waals surface area (Å²) in [5, 5.41) is 8.91. The fraction of sp³-hybridized carbons (Fsp3) is 1.00. The van der Waals surface area contributed by atoms with Crippen molar-refractivity contribution >= 4 is 10.1 Å². The van der Waals surface area contributed by atoms with Gasteiger partial charge in [0, 0.05) is 6.61 Å². The Hall–Kier alpha value is -0.210. The summed E-state index contributed by atoms with van der Waals surface area (Å²) in [7, 11) is -3.67. The molecule has 0 aliphatic carbocycles. The van der Waals surface area contributed by atoms with Crippen LogP contribution in [-0.2, 0) is 19.6 Å². The van der Waals surface area contributed by atoms with E-state index in [1.807, 2.05) is 0 Å². The first-order valence-electron chi connectivity index (χ1n) is 11.1. The molecule has 0 heterocycles. The molecule has 0 saturated carbocycles. The van der Waals surface area contributed by atoms with Crippen LogP contribution in [0.4, 0.5) is 0 Å². The van der Waals surface area contributed by atoms with E-state index in [1.165, 1.54) is 83.5 Å². The maximum Gasteiger partial charge on any atom is 0.261 e. The quantitative estimate of drug-likeness (QED) is 0.164. The number of aliphatic hydroxyl groups is 1.